The summed E-state index contributed by atoms with van der Waals surface area (Å²) in [5.74, 6) is 0.239. The van der Waals surface area contributed by atoms with Gasteiger partial charge < -0.3 is 4.74 Å². The first-order chi connectivity index (χ1) is 14.1. The number of hydrazone groups is 1. The lowest BCUT2D eigenvalue weighted by Gasteiger charge is -2.10. The van der Waals surface area contributed by atoms with E-state index in [1.807, 2.05) is 31.2 Å². The summed E-state index contributed by atoms with van der Waals surface area (Å²) in [6.07, 6.45) is 1.48. The number of nitrogens with zero attached hydrogens (tertiary/aromatic N) is 2. The second-order valence-corrected chi connectivity index (χ2v) is 6.69. The predicted octanol–water partition coefficient (Wildman–Crippen LogP) is 4.86. The van der Waals surface area contributed by atoms with Gasteiger partial charge in [-0.25, -0.2) is 5.43 Å². The highest BCUT2D eigenvalue weighted by Gasteiger charge is 2.08. The smallest absolute Gasteiger partial charge is 0.271 e. The van der Waals surface area contributed by atoms with Crippen LogP contribution in [0.1, 0.15) is 32.6 Å². The van der Waals surface area contributed by atoms with Crippen molar-refractivity contribution in [3.05, 3.63) is 99.6 Å². The molecular formula is C23H18ClN3O2. The number of halogens is 1. The molecule has 0 fully saturated rings. The Morgan fingerprint density at radius 3 is 2.72 bits per heavy atom. The van der Waals surface area contributed by atoms with E-state index < -0.39 is 0 Å². The number of hydrogen-bond donors (Lipinski definition) is 1. The Morgan fingerprint density at radius 2 is 1.93 bits per heavy atom. The van der Waals surface area contributed by atoms with Crippen LogP contribution in [0, 0.1) is 18.3 Å². The lowest BCUT2D eigenvalue weighted by Crippen LogP contribution is -2.18. The molecule has 0 saturated heterocycles. The molecular weight excluding hydrogens is 386 g/mol. The fourth-order valence-electron chi connectivity index (χ4n) is 2.71. The van der Waals surface area contributed by atoms with Crippen LogP contribution in [0.5, 0.6) is 5.75 Å². The predicted molar refractivity (Wildman–Crippen MR) is 113 cm³/mol. The monoisotopic (exact) mass is 403 g/mol. The Balaban J connectivity index is 1.73. The lowest BCUT2D eigenvalue weighted by molar-refractivity contribution is 0.0954. The summed E-state index contributed by atoms with van der Waals surface area (Å²) in [7, 11) is 0. The zero-order valence-corrected chi connectivity index (χ0v) is 16.5. The molecule has 1 amide bonds. The van der Waals surface area contributed by atoms with Gasteiger partial charge in [-0.2, -0.15) is 10.4 Å². The van der Waals surface area contributed by atoms with Crippen LogP contribution in [0.3, 0.4) is 0 Å². The van der Waals surface area contributed by atoms with Gasteiger partial charge in [-0.1, -0.05) is 48.0 Å². The average Bonchev–Trinajstić information content (AvgIpc) is 2.73. The molecule has 3 aromatic rings. The molecule has 0 spiro atoms. The lowest BCUT2D eigenvalue weighted by atomic mass is 10.1. The average molecular weight is 404 g/mol. The number of carbonyl (C=O) groups is 1. The van der Waals surface area contributed by atoms with Crippen LogP contribution < -0.4 is 10.2 Å². The molecule has 0 aliphatic carbocycles. The first kappa shape index (κ1) is 20.1. The SMILES string of the molecule is Cc1ccccc1C(=O)N/N=C/c1cc(Cl)ccc1OCc1ccccc1C#N. The second kappa shape index (κ2) is 9.54. The number of amides is 1. The van der Waals surface area contributed by atoms with Crippen LogP contribution in [-0.4, -0.2) is 12.1 Å². The second-order valence-electron chi connectivity index (χ2n) is 6.25. The molecule has 0 bridgehead atoms. The van der Waals surface area contributed by atoms with E-state index in [-0.39, 0.29) is 12.5 Å². The molecule has 5 nitrogen and oxygen atoms in total. The zero-order chi connectivity index (χ0) is 20.6. The molecule has 1 N–H and O–H groups in total. The van der Waals surface area contributed by atoms with E-state index in [1.165, 1.54) is 6.21 Å². The number of nitriles is 1. The molecule has 0 radical (unpaired) electrons. The summed E-state index contributed by atoms with van der Waals surface area (Å²) in [6, 6.07) is 21.8. The van der Waals surface area contributed by atoms with Gasteiger partial charge in [0.25, 0.3) is 5.91 Å². The van der Waals surface area contributed by atoms with E-state index in [2.05, 4.69) is 16.6 Å². The number of rotatable bonds is 6. The molecule has 3 rings (SSSR count). The highest BCUT2D eigenvalue weighted by Crippen LogP contribution is 2.23. The molecule has 0 saturated carbocycles. The molecule has 29 heavy (non-hydrogen) atoms. The van der Waals surface area contributed by atoms with Gasteiger partial charge in [0.15, 0.2) is 0 Å². The Kier molecular flexibility index (Phi) is 6.62. The number of aryl methyl sites for hydroxylation is 1. The van der Waals surface area contributed by atoms with Gasteiger partial charge in [-0.3, -0.25) is 4.79 Å². The fourth-order valence-corrected chi connectivity index (χ4v) is 2.89. The van der Waals surface area contributed by atoms with Gasteiger partial charge in [0.1, 0.15) is 12.4 Å². The third-order valence-corrected chi connectivity index (χ3v) is 4.49. The summed E-state index contributed by atoms with van der Waals surface area (Å²) < 4.78 is 5.87. The third kappa shape index (κ3) is 5.22. The molecule has 3 aromatic carbocycles. The van der Waals surface area contributed by atoms with Crippen molar-refractivity contribution in [1.29, 1.82) is 5.26 Å². The standard InChI is InChI=1S/C23H18ClN3O2/c1-16-6-2-5-9-21(16)23(28)27-26-14-19-12-20(24)10-11-22(19)29-15-18-8-4-3-7-17(18)13-25/h2-12,14H,15H2,1H3,(H,27,28)/b26-14+. The van der Waals surface area contributed by atoms with Gasteiger partial charge in [0.2, 0.25) is 0 Å². The van der Waals surface area contributed by atoms with E-state index in [0.717, 1.165) is 11.1 Å². The maximum absolute atomic E-state index is 12.3. The molecule has 0 aliphatic heterocycles. The molecule has 0 aromatic heterocycles. The minimum Gasteiger partial charge on any atom is -0.488 e. The first-order valence-corrected chi connectivity index (χ1v) is 9.25. The molecule has 144 valence electrons. The van der Waals surface area contributed by atoms with Gasteiger partial charge >= 0.3 is 0 Å². The Labute approximate surface area is 174 Å². The quantitative estimate of drug-likeness (QED) is 0.471. The highest BCUT2D eigenvalue weighted by molar-refractivity contribution is 6.30. The van der Waals surface area contributed by atoms with Gasteiger partial charge in [0, 0.05) is 21.7 Å². The van der Waals surface area contributed by atoms with Crippen LogP contribution in [0.25, 0.3) is 0 Å². The van der Waals surface area contributed by atoms with Crippen molar-refractivity contribution in [2.75, 3.05) is 0 Å². The number of nitrogens with one attached hydrogen (secondary N) is 1. The topological polar surface area (TPSA) is 74.5 Å². The van der Waals surface area contributed by atoms with Crippen LogP contribution in [0.4, 0.5) is 0 Å². The summed E-state index contributed by atoms with van der Waals surface area (Å²) in [6.45, 7) is 2.09. The number of benzene rings is 3. The number of hydrogen-bond acceptors (Lipinski definition) is 4. The van der Waals surface area contributed by atoms with Gasteiger partial charge in [-0.15, -0.1) is 0 Å². The van der Waals surface area contributed by atoms with Crippen molar-refractivity contribution in [3.63, 3.8) is 0 Å². The molecule has 0 atom stereocenters. The molecule has 0 heterocycles. The Bertz CT molecular complexity index is 1100. The van der Waals surface area contributed by atoms with E-state index >= 15 is 0 Å². The van der Waals surface area contributed by atoms with Crippen molar-refractivity contribution in [2.24, 2.45) is 5.10 Å². The van der Waals surface area contributed by atoms with Gasteiger partial charge in [-0.05, 0) is 42.8 Å². The third-order valence-electron chi connectivity index (χ3n) is 4.25. The fraction of sp³-hybridized carbons (Fsp3) is 0.0870. The van der Waals surface area contributed by atoms with Crippen LogP contribution in [0.2, 0.25) is 5.02 Å². The molecule has 0 aliphatic rings. The minimum atomic E-state index is -0.299. The Hall–Kier alpha value is -3.62. The summed E-state index contributed by atoms with van der Waals surface area (Å²) in [5, 5.41) is 13.8. The number of ether oxygens (including phenoxy) is 1. The van der Waals surface area contributed by atoms with E-state index in [0.29, 0.717) is 27.5 Å². The van der Waals surface area contributed by atoms with Crippen LogP contribution in [-0.2, 0) is 6.61 Å². The van der Waals surface area contributed by atoms with E-state index in [9.17, 15) is 10.1 Å². The maximum Gasteiger partial charge on any atom is 0.271 e. The first-order valence-electron chi connectivity index (χ1n) is 8.88. The van der Waals surface area contributed by atoms with Crippen molar-refractivity contribution < 1.29 is 9.53 Å². The van der Waals surface area contributed by atoms with Crippen LogP contribution >= 0.6 is 11.6 Å². The summed E-state index contributed by atoms with van der Waals surface area (Å²) in [4.78, 5) is 12.3. The van der Waals surface area contributed by atoms with Crippen molar-refractivity contribution in [3.8, 4) is 11.8 Å². The molecule has 0 unspecified atom stereocenters. The number of carbonyl (C=O) groups excluding carboxylic acids is 1. The van der Waals surface area contributed by atoms with E-state index in [1.54, 1.807) is 42.5 Å². The van der Waals surface area contributed by atoms with Crippen LogP contribution in [0.15, 0.2) is 71.8 Å². The summed E-state index contributed by atoms with van der Waals surface area (Å²) in [5.41, 5.74) is 5.88. The minimum absolute atomic E-state index is 0.224. The largest absolute Gasteiger partial charge is 0.488 e. The zero-order valence-electron chi connectivity index (χ0n) is 15.7. The normalized spacial score (nSPS) is 10.5. The van der Waals surface area contributed by atoms with Crippen molar-refractivity contribution >= 4 is 23.7 Å². The summed E-state index contributed by atoms with van der Waals surface area (Å²) >= 11 is 6.09. The van der Waals surface area contributed by atoms with Crippen molar-refractivity contribution in [2.45, 2.75) is 13.5 Å². The van der Waals surface area contributed by atoms with E-state index in [4.69, 9.17) is 16.3 Å². The maximum atomic E-state index is 12.3. The molecule has 6 heteroatoms. The van der Waals surface area contributed by atoms with Gasteiger partial charge in [0.05, 0.1) is 17.8 Å². The Morgan fingerprint density at radius 1 is 1.17 bits per heavy atom. The highest BCUT2D eigenvalue weighted by atomic mass is 35.5. The van der Waals surface area contributed by atoms with Crippen molar-refractivity contribution in [1.82, 2.24) is 5.43 Å².